The monoisotopic (exact) mass is 218 g/mol. The Kier molecular flexibility index (Phi) is 3.26. The second-order valence-corrected chi connectivity index (χ2v) is 3.59. The van der Waals surface area contributed by atoms with Crippen molar-refractivity contribution in [1.82, 2.24) is 15.1 Å². The van der Waals surface area contributed by atoms with E-state index in [9.17, 15) is 0 Å². The molecule has 2 N–H and O–H groups in total. The lowest BCUT2D eigenvalue weighted by Crippen LogP contribution is -2.01. The van der Waals surface area contributed by atoms with Crippen LogP contribution in [-0.2, 0) is 6.42 Å². The lowest BCUT2D eigenvalue weighted by Gasteiger charge is -1.94. The lowest BCUT2D eigenvalue weighted by molar-refractivity contribution is 0.421. The van der Waals surface area contributed by atoms with E-state index in [1.807, 2.05) is 19.1 Å². The maximum Gasteiger partial charge on any atom is 0.258 e. The Balaban J connectivity index is 2.18. The van der Waals surface area contributed by atoms with Crippen molar-refractivity contribution in [1.29, 1.82) is 0 Å². The highest BCUT2D eigenvalue weighted by Crippen LogP contribution is 2.17. The van der Waals surface area contributed by atoms with E-state index in [1.54, 1.807) is 6.20 Å². The Labute approximate surface area is 93.7 Å². The molecule has 5 heteroatoms. The van der Waals surface area contributed by atoms with Crippen LogP contribution in [0.4, 0.5) is 0 Å². The van der Waals surface area contributed by atoms with Gasteiger partial charge < -0.3 is 10.3 Å². The van der Waals surface area contributed by atoms with Gasteiger partial charge in [-0.15, -0.1) is 0 Å². The van der Waals surface area contributed by atoms with Crippen LogP contribution in [0.25, 0.3) is 11.5 Å². The number of hydrogen-bond acceptors (Lipinski definition) is 5. The minimum atomic E-state index is 0.539. The van der Waals surface area contributed by atoms with Crippen molar-refractivity contribution in [3.05, 3.63) is 29.8 Å². The topological polar surface area (TPSA) is 77.8 Å². The molecular formula is C11H14N4O. The van der Waals surface area contributed by atoms with E-state index in [0.29, 0.717) is 18.3 Å². The molecule has 0 bridgehead atoms. The molecular weight excluding hydrogens is 204 g/mol. The first-order valence-corrected chi connectivity index (χ1v) is 5.25. The first-order valence-electron chi connectivity index (χ1n) is 5.25. The summed E-state index contributed by atoms with van der Waals surface area (Å²) in [7, 11) is 0. The Morgan fingerprint density at radius 3 is 3.06 bits per heavy atom. The number of rotatable bonds is 4. The van der Waals surface area contributed by atoms with Crippen molar-refractivity contribution >= 4 is 0 Å². The van der Waals surface area contributed by atoms with Gasteiger partial charge in [0.1, 0.15) is 0 Å². The molecule has 2 aromatic rings. The summed E-state index contributed by atoms with van der Waals surface area (Å²) < 4.78 is 5.17. The third-order valence-corrected chi connectivity index (χ3v) is 2.22. The maximum absolute atomic E-state index is 5.42. The van der Waals surface area contributed by atoms with Crippen LogP contribution < -0.4 is 5.73 Å². The quantitative estimate of drug-likeness (QED) is 0.837. The van der Waals surface area contributed by atoms with Crippen molar-refractivity contribution in [2.75, 3.05) is 6.54 Å². The van der Waals surface area contributed by atoms with E-state index in [-0.39, 0.29) is 0 Å². The number of aromatic nitrogens is 3. The second kappa shape index (κ2) is 4.85. The van der Waals surface area contributed by atoms with E-state index >= 15 is 0 Å². The van der Waals surface area contributed by atoms with Gasteiger partial charge in [0.15, 0.2) is 5.82 Å². The number of nitrogens with two attached hydrogens (primary N) is 1. The summed E-state index contributed by atoms with van der Waals surface area (Å²) in [5.41, 5.74) is 7.25. The van der Waals surface area contributed by atoms with E-state index in [4.69, 9.17) is 10.3 Å². The third-order valence-electron chi connectivity index (χ3n) is 2.22. The SMILES string of the molecule is Cc1cc(-c2nc(CCCN)no2)ccn1. The molecule has 2 rings (SSSR count). The van der Waals surface area contributed by atoms with Gasteiger partial charge in [0.05, 0.1) is 0 Å². The van der Waals surface area contributed by atoms with Gasteiger partial charge in [-0.25, -0.2) is 0 Å². The highest BCUT2D eigenvalue weighted by molar-refractivity contribution is 5.52. The molecule has 0 aromatic carbocycles. The number of hydrogen-bond donors (Lipinski definition) is 1. The second-order valence-electron chi connectivity index (χ2n) is 3.59. The largest absolute Gasteiger partial charge is 0.334 e. The van der Waals surface area contributed by atoms with Gasteiger partial charge >= 0.3 is 0 Å². The average molecular weight is 218 g/mol. The molecule has 16 heavy (non-hydrogen) atoms. The Bertz CT molecular complexity index is 467. The molecule has 84 valence electrons. The minimum Gasteiger partial charge on any atom is -0.334 e. The number of aryl methyl sites for hydroxylation is 2. The molecule has 0 spiro atoms. The molecule has 5 nitrogen and oxygen atoms in total. The molecule has 0 aliphatic heterocycles. The molecule has 0 unspecified atom stereocenters. The van der Waals surface area contributed by atoms with Crippen LogP contribution in [0.2, 0.25) is 0 Å². The van der Waals surface area contributed by atoms with Gasteiger partial charge in [0.2, 0.25) is 0 Å². The molecule has 0 amide bonds. The Hall–Kier alpha value is -1.75. The van der Waals surface area contributed by atoms with E-state index < -0.39 is 0 Å². The van der Waals surface area contributed by atoms with Crippen LogP contribution >= 0.6 is 0 Å². The van der Waals surface area contributed by atoms with E-state index in [1.165, 1.54) is 0 Å². The van der Waals surface area contributed by atoms with Gasteiger partial charge in [-0.2, -0.15) is 4.98 Å². The standard InChI is InChI=1S/C11H14N4O/c1-8-7-9(4-6-13-8)11-14-10(15-16-11)3-2-5-12/h4,6-7H,2-3,5,12H2,1H3. The van der Waals surface area contributed by atoms with Crippen LogP contribution in [0.5, 0.6) is 0 Å². The zero-order valence-corrected chi connectivity index (χ0v) is 9.18. The van der Waals surface area contributed by atoms with Gasteiger partial charge in [-0.1, -0.05) is 5.16 Å². The zero-order chi connectivity index (χ0) is 11.4. The number of nitrogens with zero attached hydrogens (tertiary/aromatic N) is 3. The van der Waals surface area contributed by atoms with Crippen LogP contribution in [0, 0.1) is 6.92 Å². The summed E-state index contributed by atoms with van der Waals surface area (Å²) in [6.07, 6.45) is 3.35. The lowest BCUT2D eigenvalue weighted by atomic mass is 10.2. The highest BCUT2D eigenvalue weighted by atomic mass is 16.5. The Morgan fingerprint density at radius 2 is 2.31 bits per heavy atom. The zero-order valence-electron chi connectivity index (χ0n) is 9.18. The molecule has 0 aliphatic rings. The minimum absolute atomic E-state index is 0.539. The van der Waals surface area contributed by atoms with Gasteiger partial charge in [0, 0.05) is 23.9 Å². The van der Waals surface area contributed by atoms with Crippen LogP contribution in [0.15, 0.2) is 22.9 Å². The predicted octanol–water partition coefficient (Wildman–Crippen LogP) is 1.33. The predicted molar refractivity (Wildman–Crippen MR) is 59.6 cm³/mol. The van der Waals surface area contributed by atoms with Crippen molar-refractivity contribution < 1.29 is 4.52 Å². The third kappa shape index (κ3) is 2.43. The molecule has 0 saturated heterocycles. The van der Waals surface area contributed by atoms with Gasteiger partial charge in [-0.3, -0.25) is 4.98 Å². The summed E-state index contributed by atoms with van der Waals surface area (Å²) in [5.74, 6) is 1.24. The van der Waals surface area contributed by atoms with E-state index in [2.05, 4.69) is 15.1 Å². The fraction of sp³-hybridized carbons (Fsp3) is 0.364. The van der Waals surface area contributed by atoms with Crippen molar-refractivity contribution in [2.24, 2.45) is 5.73 Å². The smallest absolute Gasteiger partial charge is 0.258 e. The summed E-state index contributed by atoms with van der Waals surface area (Å²) in [4.78, 5) is 8.41. The van der Waals surface area contributed by atoms with Gasteiger partial charge in [-0.05, 0) is 32.0 Å². The highest BCUT2D eigenvalue weighted by Gasteiger charge is 2.08. The first-order chi connectivity index (χ1) is 7.79. The maximum atomic E-state index is 5.42. The van der Waals surface area contributed by atoms with Crippen molar-refractivity contribution in [2.45, 2.75) is 19.8 Å². The van der Waals surface area contributed by atoms with Crippen molar-refractivity contribution in [3.8, 4) is 11.5 Å². The normalized spacial score (nSPS) is 10.6. The average Bonchev–Trinajstić information content (AvgIpc) is 2.75. The molecule has 0 atom stereocenters. The summed E-state index contributed by atoms with van der Waals surface area (Å²) in [5, 5.41) is 3.90. The van der Waals surface area contributed by atoms with E-state index in [0.717, 1.165) is 24.1 Å². The molecule has 0 fully saturated rings. The molecule has 2 aromatic heterocycles. The fourth-order valence-electron chi connectivity index (χ4n) is 1.41. The molecule has 2 heterocycles. The fourth-order valence-corrected chi connectivity index (χ4v) is 1.41. The Morgan fingerprint density at radius 1 is 1.44 bits per heavy atom. The first kappa shape index (κ1) is 10.8. The molecule has 0 saturated carbocycles. The molecule has 0 aliphatic carbocycles. The molecule has 0 radical (unpaired) electrons. The van der Waals surface area contributed by atoms with Crippen LogP contribution in [-0.4, -0.2) is 21.7 Å². The summed E-state index contributed by atoms with van der Waals surface area (Å²) >= 11 is 0. The van der Waals surface area contributed by atoms with Crippen LogP contribution in [0.1, 0.15) is 17.9 Å². The number of pyridine rings is 1. The summed E-state index contributed by atoms with van der Waals surface area (Å²) in [6.45, 7) is 2.56. The van der Waals surface area contributed by atoms with Gasteiger partial charge in [0.25, 0.3) is 5.89 Å². The van der Waals surface area contributed by atoms with Crippen molar-refractivity contribution in [3.63, 3.8) is 0 Å². The van der Waals surface area contributed by atoms with Crippen LogP contribution in [0.3, 0.4) is 0 Å². The summed E-state index contributed by atoms with van der Waals surface area (Å²) in [6, 6.07) is 3.77.